The van der Waals surface area contributed by atoms with E-state index in [4.69, 9.17) is 4.99 Å². The summed E-state index contributed by atoms with van der Waals surface area (Å²) in [7, 11) is 2.14. The van der Waals surface area contributed by atoms with Gasteiger partial charge >= 0.3 is 0 Å². The molecule has 110 valence electrons. The molecule has 1 heterocycles. The Labute approximate surface area is 138 Å². The number of fused-ring (bicyclic) bond motifs is 1. The van der Waals surface area contributed by atoms with E-state index < -0.39 is 0 Å². The first kappa shape index (κ1) is 14.0. The summed E-state index contributed by atoms with van der Waals surface area (Å²) in [5, 5.41) is 0. The number of para-hydroxylation sites is 1. The fourth-order valence-corrected chi connectivity index (χ4v) is 3.37. The van der Waals surface area contributed by atoms with Crippen LogP contribution < -0.4 is 5.46 Å². The predicted octanol–water partition coefficient (Wildman–Crippen LogP) is 3.41. The van der Waals surface area contributed by atoms with Crippen LogP contribution in [0.5, 0.6) is 0 Å². The third kappa shape index (κ3) is 2.73. The summed E-state index contributed by atoms with van der Waals surface area (Å²) in [5.41, 5.74) is 7.52. The molecule has 1 unspecified atom stereocenters. The lowest BCUT2D eigenvalue weighted by Gasteiger charge is -2.15. The summed E-state index contributed by atoms with van der Waals surface area (Å²) in [6.45, 7) is 0. The van der Waals surface area contributed by atoms with Gasteiger partial charge in [-0.1, -0.05) is 78.3 Å². The Morgan fingerprint density at radius 1 is 0.826 bits per heavy atom. The van der Waals surface area contributed by atoms with Crippen LogP contribution in [0.1, 0.15) is 22.6 Å². The van der Waals surface area contributed by atoms with Gasteiger partial charge in [0.2, 0.25) is 0 Å². The van der Waals surface area contributed by atoms with Gasteiger partial charge in [0.15, 0.2) is 0 Å². The molecule has 1 atom stereocenters. The lowest BCUT2D eigenvalue weighted by Crippen LogP contribution is -2.15. The van der Waals surface area contributed by atoms with Crippen LogP contribution in [-0.2, 0) is 6.42 Å². The van der Waals surface area contributed by atoms with Gasteiger partial charge in [0, 0.05) is 5.92 Å². The van der Waals surface area contributed by atoms with Gasteiger partial charge in [0.05, 0.1) is 11.4 Å². The fraction of sp³-hybridized carbons (Fsp3) is 0.0952. The molecule has 2 heteroatoms. The van der Waals surface area contributed by atoms with E-state index >= 15 is 0 Å². The van der Waals surface area contributed by atoms with Gasteiger partial charge in [0.25, 0.3) is 0 Å². The minimum Gasteiger partial charge on any atom is -0.252 e. The highest BCUT2D eigenvalue weighted by Crippen LogP contribution is 2.39. The largest absolute Gasteiger partial charge is 0.252 e. The molecule has 3 aromatic rings. The van der Waals surface area contributed by atoms with Crippen LogP contribution in [0.2, 0.25) is 0 Å². The molecule has 0 radical (unpaired) electrons. The molecule has 1 aliphatic rings. The number of hydrogen-bond donors (Lipinski definition) is 0. The summed E-state index contributed by atoms with van der Waals surface area (Å²) in [6, 6.07) is 27.9. The smallest absolute Gasteiger partial charge is 0.139 e. The average Bonchev–Trinajstić information content (AvgIpc) is 2.95. The van der Waals surface area contributed by atoms with E-state index in [1.54, 1.807) is 0 Å². The summed E-state index contributed by atoms with van der Waals surface area (Å²) >= 11 is 0. The first-order chi connectivity index (χ1) is 11.3. The van der Waals surface area contributed by atoms with Gasteiger partial charge in [0.1, 0.15) is 7.85 Å². The Kier molecular flexibility index (Phi) is 3.59. The number of hydrogen-bond acceptors (Lipinski definition) is 1. The van der Waals surface area contributed by atoms with Gasteiger partial charge in [-0.3, -0.25) is 4.99 Å². The van der Waals surface area contributed by atoms with Crippen molar-refractivity contribution in [1.29, 1.82) is 0 Å². The van der Waals surface area contributed by atoms with E-state index in [0.717, 1.165) is 12.1 Å². The van der Waals surface area contributed by atoms with E-state index in [1.807, 2.05) is 0 Å². The molecular formula is C21H18BN. The standard InChI is InChI=1S/C21H18BN/c22-17-10-6-9-16(14-17)21-19(13-15-7-2-1-3-8-15)18-11-4-5-12-20(18)23-21/h1-12,14,19H,13,22H2. The van der Waals surface area contributed by atoms with Crippen LogP contribution in [0.15, 0.2) is 83.9 Å². The van der Waals surface area contributed by atoms with E-state index in [0.29, 0.717) is 5.92 Å². The van der Waals surface area contributed by atoms with Crippen LogP contribution in [-0.4, -0.2) is 13.6 Å². The van der Waals surface area contributed by atoms with E-state index in [2.05, 4.69) is 86.7 Å². The van der Waals surface area contributed by atoms with Crippen molar-refractivity contribution in [3.05, 3.63) is 95.6 Å². The maximum Gasteiger partial charge on any atom is 0.139 e. The molecule has 1 aliphatic heterocycles. The maximum atomic E-state index is 4.96. The fourth-order valence-electron chi connectivity index (χ4n) is 3.37. The van der Waals surface area contributed by atoms with Crippen molar-refractivity contribution in [2.24, 2.45) is 4.99 Å². The Balaban J connectivity index is 1.78. The van der Waals surface area contributed by atoms with E-state index in [-0.39, 0.29) is 0 Å². The second-order valence-electron chi connectivity index (χ2n) is 6.17. The number of rotatable bonds is 3. The zero-order chi connectivity index (χ0) is 15.6. The highest BCUT2D eigenvalue weighted by atomic mass is 14.8. The number of benzene rings is 3. The molecule has 4 rings (SSSR count). The molecule has 0 saturated heterocycles. The third-order valence-electron chi connectivity index (χ3n) is 4.48. The van der Waals surface area contributed by atoms with E-state index in [9.17, 15) is 0 Å². The monoisotopic (exact) mass is 295 g/mol. The van der Waals surface area contributed by atoms with Crippen molar-refractivity contribution >= 4 is 24.7 Å². The van der Waals surface area contributed by atoms with Gasteiger partial charge in [-0.15, -0.1) is 0 Å². The van der Waals surface area contributed by atoms with Crippen molar-refractivity contribution < 1.29 is 0 Å². The Bertz CT molecular complexity index is 868. The quantitative estimate of drug-likeness (QED) is 0.657. The lowest BCUT2D eigenvalue weighted by atomic mass is 9.85. The molecule has 23 heavy (non-hydrogen) atoms. The molecule has 0 bridgehead atoms. The maximum absolute atomic E-state index is 4.96. The molecule has 0 aromatic heterocycles. The van der Waals surface area contributed by atoms with Crippen LogP contribution in [0.3, 0.4) is 0 Å². The Morgan fingerprint density at radius 3 is 2.43 bits per heavy atom. The zero-order valence-electron chi connectivity index (χ0n) is 13.2. The first-order valence-electron chi connectivity index (χ1n) is 8.10. The minimum absolute atomic E-state index is 0.329. The highest BCUT2D eigenvalue weighted by molar-refractivity contribution is 6.32. The predicted molar refractivity (Wildman–Crippen MR) is 100 cm³/mol. The third-order valence-corrected chi connectivity index (χ3v) is 4.48. The summed E-state index contributed by atoms with van der Waals surface area (Å²) in [5.74, 6) is 0.329. The molecule has 3 aromatic carbocycles. The Morgan fingerprint density at radius 2 is 1.61 bits per heavy atom. The van der Waals surface area contributed by atoms with Crippen molar-refractivity contribution in [3.8, 4) is 0 Å². The van der Waals surface area contributed by atoms with Gasteiger partial charge in [-0.05, 0) is 29.2 Å². The molecule has 0 saturated carbocycles. The normalized spacial score (nSPS) is 16.0. The van der Waals surface area contributed by atoms with Crippen molar-refractivity contribution in [2.45, 2.75) is 12.3 Å². The van der Waals surface area contributed by atoms with E-state index in [1.165, 1.54) is 27.9 Å². The SMILES string of the molecule is Bc1cccc(C2=Nc3ccccc3C2Cc2ccccc2)c1. The average molecular weight is 295 g/mol. The summed E-state index contributed by atoms with van der Waals surface area (Å²) in [4.78, 5) is 4.96. The second-order valence-corrected chi connectivity index (χ2v) is 6.17. The molecular weight excluding hydrogens is 277 g/mol. The van der Waals surface area contributed by atoms with Crippen LogP contribution in [0.4, 0.5) is 5.69 Å². The molecule has 0 N–H and O–H groups in total. The minimum atomic E-state index is 0.329. The van der Waals surface area contributed by atoms with Gasteiger partial charge in [-0.25, -0.2) is 0 Å². The van der Waals surface area contributed by atoms with Crippen molar-refractivity contribution in [2.75, 3.05) is 0 Å². The Hall–Kier alpha value is -2.61. The molecule has 0 aliphatic carbocycles. The second kappa shape index (κ2) is 5.88. The van der Waals surface area contributed by atoms with Gasteiger partial charge in [-0.2, -0.15) is 0 Å². The van der Waals surface area contributed by atoms with Crippen LogP contribution in [0, 0.1) is 0 Å². The van der Waals surface area contributed by atoms with Crippen LogP contribution in [0.25, 0.3) is 0 Å². The van der Waals surface area contributed by atoms with Crippen LogP contribution >= 0.6 is 0 Å². The van der Waals surface area contributed by atoms with Crippen molar-refractivity contribution in [3.63, 3.8) is 0 Å². The van der Waals surface area contributed by atoms with Gasteiger partial charge < -0.3 is 0 Å². The topological polar surface area (TPSA) is 12.4 Å². The zero-order valence-corrected chi connectivity index (χ0v) is 13.2. The summed E-state index contributed by atoms with van der Waals surface area (Å²) < 4.78 is 0. The highest BCUT2D eigenvalue weighted by Gasteiger charge is 2.28. The van der Waals surface area contributed by atoms with Crippen molar-refractivity contribution in [1.82, 2.24) is 0 Å². The molecule has 1 nitrogen and oxygen atoms in total. The lowest BCUT2D eigenvalue weighted by molar-refractivity contribution is 0.897. The summed E-state index contributed by atoms with van der Waals surface area (Å²) in [6.07, 6.45) is 0.991. The molecule has 0 spiro atoms. The first-order valence-corrected chi connectivity index (χ1v) is 8.10. The molecule has 0 amide bonds. The molecule has 0 fully saturated rings. The number of aliphatic imine (C=N–C) groups is 1. The number of nitrogens with zero attached hydrogens (tertiary/aromatic N) is 1.